The number of rotatable bonds is 5. The van der Waals surface area contributed by atoms with Crippen LogP contribution in [0.5, 0.6) is 5.88 Å². The van der Waals surface area contributed by atoms with Crippen LogP contribution in [0, 0.1) is 5.95 Å². The zero-order valence-electron chi connectivity index (χ0n) is 14.2. The Bertz CT molecular complexity index is 739. The minimum absolute atomic E-state index is 0.0388. The summed E-state index contributed by atoms with van der Waals surface area (Å²) >= 11 is 1.49. The van der Waals surface area contributed by atoms with E-state index in [9.17, 15) is 9.18 Å². The van der Waals surface area contributed by atoms with Gasteiger partial charge in [-0.2, -0.15) is 9.37 Å². The van der Waals surface area contributed by atoms with Crippen LogP contribution in [0.15, 0.2) is 24.4 Å². The number of aromatic nitrogens is 2. The molecule has 134 valence electrons. The maximum atomic E-state index is 13.2. The molecule has 0 radical (unpaired) electrons. The number of carbonyl (C=O) groups excluding carboxylic acids is 1. The molecular formula is C17H21FN4O2S. The van der Waals surface area contributed by atoms with E-state index in [1.165, 1.54) is 24.3 Å². The van der Waals surface area contributed by atoms with Gasteiger partial charge in [0.15, 0.2) is 5.13 Å². The molecule has 3 rings (SSSR count). The average Bonchev–Trinajstić information content (AvgIpc) is 2.96. The number of halogens is 1. The van der Waals surface area contributed by atoms with Crippen molar-refractivity contribution in [3.63, 3.8) is 0 Å². The van der Waals surface area contributed by atoms with Gasteiger partial charge in [-0.3, -0.25) is 9.69 Å². The minimum Gasteiger partial charge on any atom is -0.474 e. The standard InChI is InChI=1S/C17H21FN4O2S/c1-11-8-13(24-16-5-3-4-15(18)21-16)6-7-22(11)10-14-9-19-17(25-14)20-12(2)23/h3-5,9,11,13H,6-8,10H2,1-2H3,(H,19,20,23)/t11-,13-/m0/s1/i18-1. The van der Waals surface area contributed by atoms with Crippen molar-refractivity contribution in [3.05, 3.63) is 35.2 Å². The molecule has 1 saturated heterocycles. The van der Waals surface area contributed by atoms with Gasteiger partial charge in [-0.05, 0) is 25.8 Å². The third kappa shape index (κ3) is 4.96. The van der Waals surface area contributed by atoms with Crippen molar-refractivity contribution in [2.45, 2.75) is 45.4 Å². The van der Waals surface area contributed by atoms with Gasteiger partial charge in [-0.25, -0.2) is 4.98 Å². The molecule has 1 aliphatic heterocycles. The first-order valence-corrected chi connectivity index (χ1v) is 9.07. The summed E-state index contributed by atoms with van der Waals surface area (Å²) in [5.74, 6) is -0.297. The Balaban J connectivity index is 1.53. The Kier molecular flexibility index (Phi) is 5.60. The Morgan fingerprint density at radius 1 is 1.52 bits per heavy atom. The van der Waals surface area contributed by atoms with E-state index in [0.29, 0.717) is 17.1 Å². The lowest BCUT2D eigenvalue weighted by Gasteiger charge is -2.37. The van der Waals surface area contributed by atoms with E-state index in [-0.39, 0.29) is 12.0 Å². The number of anilines is 1. The maximum absolute atomic E-state index is 13.2. The molecule has 0 bridgehead atoms. The van der Waals surface area contributed by atoms with Gasteiger partial charge in [0.25, 0.3) is 0 Å². The summed E-state index contributed by atoms with van der Waals surface area (Å²) in [6.45, 7) is 5.31. The van der Waals surface area contributed by atoms with Gasteiger partial charge in [0.1, 0.15) is 6.10 Å². The molecule has 1 amide bonds. The van der Waals surface area contributed by atoms with Crippen molar-refractivity contribution in [3.8, 4) is 5.88 Å². The molecule has 3 heterocycles. The first-order valence-electron chi connectivity index (χ1n) is 8.25. The molecule has 2 atom stereocenters. The zero-order chi connectivity index (χ0) is 17.8. The second-order valence-corrected chi connectivity index (χ2v) is 7.31. The lowest BCUT2D eigenvalue weighted by molar-refractivity contribution is -0.114. The van der Waals surface area contributed by atoms with Crippen molar-refractivity contribution in [2.75, 3.05) is 11.9 Å². The topological polar surface area (TPSA) is 67.4 Å². The zero-order valence-corrected chi connectivity index (χ0v) is 15.1. The van der Waals surface area contributed by atoms with Crippen LogP contribution in [0.2, 0.25) is 0 Å². The number of hydrogen-bond acceptors (Lipinski definition) is 6. The Hall–Kier alpha value is -2.06. The van der Waals surface area contributed by atoms with E-state index in [1.807, 2.05) is 6.20 Å². The fourth-order valence-electron chi connectivity index (χ4n) is 2.93. The van der Waals surface area contributed by atoms with E-state index < -0.39 is 5.95 Å². The third-order valence-electron chi connectivity index (χ3n) is 4.14. The summed E-state index contributed by atoms with van der Waals surface area (Å²) in [5.41, 5.74) is 0. The Labute approximate surface area is 150 Å². The van der Waals surface area contributed by atoms with Crippen molar-refractivity contribution >= 4 is 22.4 Å². The van der Waals surface area contributed by atoms with E-state index in [2.05, 4.69) is 27.1 Å². The van der Waals surface area contributed by atoms with E-state index in [4.69, 9.17) is 4.74 Å². The van der Waals surface area contributed by atoms with Gasteiger partial charge < -0.3 is 10.1 Å². The number of nitrogens with zero attached hydrogens (tertiary/aromatic N) is 3. The molecule has 2 aromatic rings. The molecule has 0 saturated carbocycles. The van der Waals surface area contributed by atoms with E-state index >= 15 is 0 Å². The van der Waals surface area contributed by atoms with Crippen LogP contribution < -0.4 is 10.1 Å². The normalized spacial score (nSPS) is 21.1. The number of amides is 1. The largest absolute Gasteiger partial charge is 0.474 e. The predicted molar refractivity (Wildman–Crippen MR) is 94.1 cm³/mol. The molecular weight excluding hydrogens is 342 g/mol. The second-order valence-electron chi connectivity index (χ2n) is 6.20. The number of nitrogens with one attached hydrogen (secondary N) is 1. The van der Waals surface area contributed by atoms with Crippen LogP contribution in [0.25, 0.3) is 0 Å². The fourth-order valence-corrected chi connectivity index (χ4v) is 3.82. The third-order valence-corrected chi connectivity index (χ3v) is 5.04. The average molecular weight is 363 g/mol. The molecule has 2 aromatic heterocycles. The first kappa shape index (κ1) is 17.8. The quantitative estimate of drug-likeness (QED) is 0.827. The van der Waals surface area contributed by atoms with Gasteiger partial charge >= 0.3 is 0 Å². The van der Waals surface area contributed by atoms with E-state index in [0.717, 1.165) is 30.8 Å². The van der Waals surface area contributed by atoms with Crippen LogP contribution >= 0.6 is 11.3 Å². The number of hydrogen-bond donors (Lipinski definition) is 1. The van der Waals surface area contributed by atoms with Crippen molar-refractivity contribution < 1.29 is 13.9 Å². The van der Waals surface area contributed by atoms with Crippen molar-refractivity contribution in [1.29, 1.82) is 0 Å². The van der Waals surface area contributed by atoms with Crippen LogP contribution in [-0.4, -0.2) is 39.5 Å². The molecule has 0 unspecified atom stereocenters. The summed E-state index contributed by atoms with van der Waals surface area (Å²) in [6.07, 6.45) is 3.56. The number of piperidine rings is 1. The fraction of sp³-hybridized carbons (Fsp3) is 0.471. The SMILES string of the molecule is CC(=O)Nc1ncc(CN2CC[C@H](Oc3cccc([18F])n3)C[C@@H]2C)s1. The Morgan fingerprint density at radius 2 is 2.36 bits per heavy atom. The maximum Gasteiger partial charge on any atom is 0.223 e. The lowest BCUT2D eigenvalue weighted by Crippen LogP contribution is -2.43. The Morgan fingerprint density at radius 3 is 3.08 bits per heavy atom. The van der Waals surface area contributed by atoms with Gasteiger partial charge in [-0.15, -0.1) is 11.3 Å². The minimum atomic E-state index is -0.525. The van der Waals surface area contributed by atoms with Crippen molar-refractivity contribution in [2.24, 2.45) is 0 Å². The number of ether oxygens (including phenoxy) is 1. The first-order chi connectivity index (χ1) is 12.0. The molecule has 1 N–H and O–H groups in total. The monoisotopic (exact) mass is 363 g/mol. The molecule has 6 nitrogen and oxygen atoms in total. The van der Waals surface area contributed by atoms with Crippen LogP contribution in [0.1, 0.15) is 31.6 Å². The molecule has 0 aliphatic carbocycles. The number of pyridine rings is 1. The predicted octanol–water partition coefficient (Wildman–Crippen LogP) is 3.07. The van der Waals surface area contributed by atoms with Crippen LogP contribution in [0.3, 0.4) is 0 Å². The highest BCUT2D eigenvalue weighted by molar-refractivity contribution is 7.15. The highest BCUT2D eigenvalue weighted by atomic mass is 32.1. The molecule has 1 fully saturated rings. The molecule has 25 heavy (non-hydrogen) atoms. The molecule has 8 heteroatoms. The van der Waals surface area contributed by atoms with Crippen LogP contribution in [-0.2, 0) is 11.3 Å². The highest BCUT2D eigenvalue weighted by Gasteiger charge is 2.27. The van der Waals surface area contributed by atoms with Gasteiger partial charge in [-0.1, -0.05) is 6.07 Å². The summed E-state index contributed by atoms with van der Waals surface area (Å²) < 4.78 is 19.0. The number of thiazole rings is 1. The molecule has 0 aromatic carbocycles. The summed E-state index contributed by atoms with van der Waals surface area (Å²) in [4.78, 5) is 22.5. The second kappa shape index (κ2) is 7.88. The van der Waals surface area contributed by atoms with Gasteiger partial charge in [0, 0.05) is 43.2 Å². The smallest absolute Gasteiger partial charge is 0.223 e. The van der Waals surface area contributed by atoms with Crippen LogP contribution in [0.4, 0.5) is 9.52 Å². The summed E-state index contributed by atoms with van der Waals surface area (Å²) in [5, 5.41) is 3.34. The number of likely N-dealkylation sites (tertiary alicyclic amines) is 1. The molecule has 0 spiro atoms. The lowest BCUT2D eigenvalue weighted by atomic mass is 10.0. The molecule has 1 aliphatic rings. The van der Waals surface area contributed by atoms with Gasteiger partial charge in [0.2, 0.25) is 17.7 Å². The van der Waals surface area contributed by atoms with E-state index in [1.54, 1.807) is 12.1 Å². The highest BCUT2D eigenvalue weighted by Crippen LogP contribution is 2.26. The summed E-state index contributed by atoms with van der Waals surface area (Å²) in [7, 11) is 0. The summed E-state index contributed by atoms with van der Waals surface area (Å²) in [6, 6.07) is 4.93. The number of carbonyl (C=O) groups is 1. The van der Waals surface area contributed by atoms with Gasteiger partial charge in [0.05, 0.1) is 0 Å². The van der Waals surface area contributed by atoms with Crippen molar-refractivity contribution in [1.82, 2.24) is 14.9 Å².